The predicted molar refractivity (Wildman–Crippen MR) is 70.8 cm³/mol. The van der Waals surface area contributed by atoms with Crippen molar-refractivity contribution in [3.05, 3.63) is 16.1 Å². The zero-order chi connectivity index (χ0) is 12.7. The van der Waals surface area contributed by atoms with E-state index < -0.39 is 0 Å². The van der Waals surface area contributed by atoms with Gasteiger partial charge in [0.2, 0.25) is 5.91 Å². The van der Waals surface area contributed by atoms with Crippen LogP contribution in [0.15, 0.2) is 6.20 Å². The molecule has 0 saturated heterocycles. The maximum absolute atomic E-state index is 11.5. The number of thiazole rings is 1. The van der Waals surface area contributed by atoms with Crippen molar-refractivity contribution in [1.82, 2.24) is 10.3 Å². The van der Waals surface area contributed by atoms with Gasteiger partial charge in [-0.25, -0.2) is 4.98 Å². The van der Waals surface area contributed by atoms with E-state index in [0.29, 0.717) is 25.4 Å². The van der Waals surface area contributed by atoms with Gasteiger partial charge in [0.1, 0.15) is 5.01 Å². The number of nitrogens with one attached hydrogen (secondary N) is 1. The molecule has 5 heteroatoms. The Morgan fingerprint density at radius 2 is 2.41 bits per heavy atom. The summed E-state index contributed by atoms with van der Waals surface area (Å²) in [4.78, 5) is 17.0. The van der Waals surface area contributed by atoms with Crippen LogP contribution in [-0.2, 0) is 17.8 Å². The van der Waals surface area contributed by atoms with Gasteiger partial charge in [0.15, 0.2) is 0 Å². The number of nitrogens with zero attached hydrogens (tertiary/aromatic N) is 1. The molecule has 0 saturated carbocycles. The van der Waals surface area contributed by atoms with E-state index in [0.717, 1.165) is 17.8 Å². The monoisotopic (exact) mass is 255 g/mol. The largest absolute Gasteiger partial charge is 0.350 e. The molecular formula is C12H21N3OS. The van der Waals surface area contributed by atoms with Gasteiger partial charge in [-0.3, -0.25) is 4.79 Å². The molecule has 17 heavy (non-hydrogen) atoms. The van der Waals surface area contributed by atoms with E-state index in [2.05, 4.69) is 24.1 Å². The van der Waals surface area contributed by atoms with Crippen LogP contribution in [0.1, 0.15) is 36.6 Å². The highest BCUT2D eigenvalue weighted by atomic mass is 32.1. The number of hydrogen-bond donors (Lipinski definition) is 2. The first-order chi connectivity index (χ1) is 8.15. The van der Waals surface area contributed by atoms with Gasteiger partial charge in [0, 0.05) is 17.5 Å². The number of carbonyl (C=O) groups excluding carboxylic acids is 1. The number of aryl methyl sites for hydroxylation is 1. The van der Waals surface area contributed by atoms with Crippen molar-refractivity contribution < 1.29 is 4.79 Å². The molecule has 0 aliphatic heterocycles. The lowest BCUT2D eigenvalue weighted by Gasteiger charge is -2.07. The maximum Gasteiger partial charge on any atom is 0.220 e. The van der Waals surface area contributed by atoms with Crippen molar-refractivity contribution in [2.75, 3.05) is 6.54 Å². The minimum Gasteiger partial charge on any atom is -0.350 e. The lowest BCUT2D eigenvalue weighted by atomic mass is 10.1. The molecule has 1 atom stereocenters. The summed E-state index contributed by atoms with van der Waals surface area (Å²) in [5.74, 6) is 0.492. The average Bonchev–Trinajstić information content (AvgIpc) is 2.81. The third-order valence-corrected chi connectivity index (χ3v) is 3.79. The fourth-order valence-electron chi connectivity index (χ4n) is 1.35. The Morgan fingerprint density at radius 1 is 1.65 bits per heavy atom. The highest BCUT2D eigenvalue weighted by molar-refractivity contribution is 7.11. The molecule has 1 aromatic heterocycles. The lowest BCUT2D eigenvalue weighted by molar-refractivity contribution is -0.121. The zero-order valence-corrected chi connectivity index (χ0v) is 11.3. The van der Waals surface area contributed by atoms with Crippen LogP contribution in [0, 0.1) is 5.92 Å². The topological polar surface area (TPSA) is 68.0 Å². The van der Waals surface area contributed by atoms with Crippen LogP contribution >= 0.6 is 11.3 Å². The summed E-state index contributed by atoms with van der Waals surface area (Å²) in [7, 11) is 0. The zero-order valence-electron chi connectivity index (χ0n) is 10.5. The number of hydrogen-bond acceptors (Lipinski definition) is 4. The van der Waals surface area contributed by atoms with Gasteiger partial charge in [-0.1, -0.05) is 13.8 Å². The van der Waals surface area contributed by atoms with E-state index in [-0.39, 0.29) is 5.91 Å². The van der Waals surface area contributed by atoms with Gasteiger partial charge in [-0.2, -0.15) is 0 Å². The number of amides is 1. The third-order valence-electron chi connectivity index (χ3n) is 2.65. The molecule has 0 fully saturated rings. The number of nitrogens with two attached hydrogens (primary N) is 1. The van der Waals surface area contributed by atoms with Crippen molar-refractivity contribution >= 4 is 17.2 Å². The molecule has 4 nitrogen and oxygen atoms in total. The molecule has 0 aliphatic carbocycles. The molecule has 96 valence electrons. The first kappa shape index (κ1) is 14.1. The van der Waals surface area contributed by atoms with E-state index in [1.807, 2.05) is 6.20 Å². The normalized spacial score (nSPS) is 12.4. The molecule has 1 unspecified atom stereocenters. The van der Waals surface area contributed by atoms with E-state index in [1.165, 1.54) is 4.88 Å². The van der Waals surface area contributed by atoms with Crippen molar-refractivity contribution in [3.8, 4) is 0 Å². The van der Waals surface area contributed by atoms with Crippen LogP contribution < -0.4 is 11.1 Å². The molecule has 0 bridgehead atoms. The van der Waals surface area contributed by atoms with E-state index in [1.54, 1.807) is 11.3 Å². The number of carbonyl (C=O) groups is 1. The third kappa shape index (κ3) is 5.28. The molecule has 1 amide bonds. The smallest absolute Gasteiger partial charge is 0.220 e. The lowest BCUT2D eigenvalue weighted by Crippen LogP contribution is -2.23. The van der Waals surface area contributed by atoms with Gasteiger partial charge < -0.3 is 11.1 Å². The van der Waals surface area contributed by atoms with Crippen molar-refractivity contribution in [2.24, 2.45) is 11.7 Å². The second-order valence-electron chi connectivity index (χ2n) is 4.23. The van der Waals surface area contributed by atoms with Gasteiger partial charge in [-0.05, 0) is 25.3 Å². The molecular weight excluding hydrogens is 234 g/mol. The quantitative estimate of drug-likeness (QED) is 0.779. The fraction of sp³-hybridized carbons (Fsp3) is 0.667. The number of aromatic nitrogens is 1. The molecule has 0 spiro atoms. The molecule has 1 rings (SSSR count). The van der Waals surface area contributed by atoms with Crippen LogP contribution in [0.25, 0.3) is 0 Å². The number of rotatable bonds is 7. The summed E-state index contributed by atoms with van der Waals surface area (Å²) in [6.45, 7) is 5.34. The molecule has 3 N–H and O–H groups in total. The summed E-state index contributed by atoms with van der Waals surface area (Å²) in [6.07, 6.45) is 4.27. The molecule has 0 aromatic carbocycles. The molecule has 1 heterocycles. The Hall–Kier alpha value is -0.940. The van der Waals surface area contributed by atoms with Crippen LogP contribution in [0.4, 0.5) is 0 Å². The highest BCUT2D eigenvalue weighted by Crippen LogP contribution is 2.13. The van der Waals surface area contributed by atoms with Gasteiger partial charge in [0.25, 0.3) is 0 Å². The van der Waals surface area contributed by atoms with Gasteiger partial charge in [-0.15, -0.1) is 11.3 Å². The minimum atomic E-state index is 0.0820. The SMILES string of the molecule is CCc1cnc(CNC(=O)CCC(C)CN)s1. The van der Waals surface area contributed by atoms with E-state index in [4.69, 9.17) is 5.73 Å². The Labute approximate surface area is 107 Å². The second kappa shape index (κ2) is 7.40. The van der Waals surface area contributed by atoms with Crippen LogP contribution in [0.3, 0.4) is 0 Å². The highest BCUT2D eigenvalue weighted by Gasteiger charge is 2.06. The Bertz CT molecular complexity index is 351. The summed E-state index contributed by atoms with van der Waals surface area (Å²) in [6, 6.07) is 0. The van der Waals surface area contributed by atoms with Gasteiger partial charge >= 0.3 is 0 Å². The van der Waals surface area contributed by atoms with Crippen molar-refractivity contribution in [3.63, 3.8) is 0 Å². The molecule has 1 aromatic rings. The van der Waals surface area contributed by atoms with E-state index >= 15 is 0 Å². The summed E-state index contributed by atoms with van der Waals surface area (Å²) >= 11 is 1.66. The summed E-state index contributed by atoms with van der Waals surface area (Å²) in [5, 5.41) is 3.86. The molecule has 0 radical (unpaired) electrons. The average molecular weight is 255 g/mol. The van der Waals surface area contributed by atoms with Gasteiger partial charge in [0.05, 0.1) is 6.54 Å². The predicted octanol–water partition coefficient (Wildman–Crippen LogP) is 1.70. The van der Waals surface area contributed by atoms with Crippen LogP contribution in [-0.4, -0.2) is 17.4 Å². The second-order valence-corrected chi connectivity index (χ2v) is 5.43. The van der Waals surface area contributed by atoms with E-state index in [9.17, 15) is 4.79 Å². The first-order valence-corrected chi connectivity index (χ1v) is 6.87. The maximum atomic E-state index is 11.5. The van der Waals surface area contributed by atoms with Crippen molar-refractivity contribution in [2.45, 2.75) is 39.7 Å². The van der Waals surface area contributed by atoms with Crippen LogP contribution in [0.2, 0.25) is 0 Å². The van der Waals surface area contributed by atoms with Crippen molar-refractivity contribution in [1.29, 1.82) is 0 Å². The Balaban J connectivity index is 2.23. The standard InChI is InChI=1S/C12H21N3OS/c1-3-10-7-15-12(17-10)8-14-11(16)5-4-9(2)6-13/h7,9H,3-6,8,13H2,1-2H3,(H,14,16). The first-order valence-electron chi connectivity index (χ1n) is 6.06. The minimum absolute atomic E-state index is 0.0820. The summed E-state index contributed by atoms with van der Waals surface area (Å²) < 4.78 is 0. The Morgan fingerprint density at radius 3 is 3.00 bits per heavy atom. The van der Waals surface area contributed by atoms with Crippen LogP contribution in [0.5, 0.6) is 0 Å². The summed E-state index contributed by atoms with van der Waals surface area (Å²) in [5.41, 5.74) is 5.50. The molecule has 0 aliphatic rings. The fourth-order valence-corrected chi connectivity index (χ4v) is 2.15. The Kier molecular flexibility index (Phi) is 6.15.